The van der Waals surface area contributed by atoms with Crippen LogP contribution < -0.4 is 10.1 Å². The number of benzene rings is 5. The Morgan fingerprint density at radius 2 is 1.34 bits per heavy atom. The molecule has 1 N–H and O–H groups in total. The highest BCUT2D eigenvalue weighted by Crippen LogP contribution is 2.40. The monoisotopic (exact) mass is 555 g/mol. The smallest absolute Gasteiger partial charge is 0.196 e. The average molecular weight is 556 g/mol. The number of hydrogen-bond acceptors (Lipinski definition) is 5. The Bertz CT molecular complexity index is 1710. The lowest BCUT2D eigenvalue weighted by Gasteiger charge is -2.22. The summed E-state index contributed by atoms with van der Waals surface area (Å²) < 4.78 is 5.91. The summed E-state index contributed by atoms with van der Waals surface area (Å²) in [5, 5.41) is 3.37. The number of anilines is 2. The molecule has 202 valence electrons. The van der Waals surface area contributed by atoms with Crippen molar-refractivity contribution in [1.29, 1.82) is 0 Å². The highest BCUT2D eigenvalue weighted by atomic mass is 32.2. The van der Waals surface area contributed by atoms with Crippen LogP contribution in [0.3, 0.4) is 0 Å². The van der Waals surface area contributed by atoms with Crippen LogP contribution in [0.5, 0.6) is 5.75 Å². The first-order valence-electron chi connectivity index (χ1n) is 13.8. The van der Waals surface area contributed by atoms with E-state index in [1.165, 1.54) is 17.3 Å². The van der Waals surface area contributed by atoms with Gasteiger partial charge in [-0.1, -0.05) is 91.8 Å². The Kier molecular flexibility index (Phi) is 7.70. The van der Waals surface area contributed by atoms with E-state index in [1.807, 2.05) is 91.0 Å². The summed E-state index contributed by atoms with van der Waals surface area (Å²) in [4.78, 5) is 29.4. The molecular weight excluding hydrogens is 526 g/mol. The third-order valence-corrected chi connectivity index (χ3v) is 8.17. The molecule has 4 nitrogen and oxygen atoms in total. The molecule has 5 aromatic carbocycles. The Hall–Kier alpha value is -4.61. The molecule has 0 fully saturated rings. The number of ketones is 2. The quantitative estimate of drug-likeness (QED) is 0.193. The fourth-order valence-corrected chi connectivity index (χ4v) is 6.05. The molecule has 1 aliphatic rings. The molecule has 0 heterocycles. The van der Waals surface area contributed by atoms with Crippen LogP contribution in [0.15, 0.2) is 125 Å². The first-order chi connectivity index (χ1) is 20.1. The van der Waals surface area contributed by atoms with Crippen LogP contribution >= 0.6 is 11.8 Å². The van der Waals surface area contributed by atoms with E-state index in [4.69, 9.17) is 4.74 Å². The van der Waals surface area contributed by atoms with E-state index in [1.54, 1.807) is 12.1 Å². The van der Waals surface area contributed by atoms with Gasteiger partial charge < -0.3 is 10.1 Å². The molecule has 0 saturated heterocycles. The second-order valence-electron chi connectivity index (χ2n) is 9.98. The first kappa shape index (κ1) is 26.6. The lowest BCUT2D eigenvalue weighted by Crippen LogP contribution is -2.23. The third kappa shape index (κ3) is 5.67. The Morgan fingerprint density at radius 1 is 0.659 bits per heavy atom. The number of hydrogen-bond donors (Lipinski definition) is 1. The number of carbonyl (C=O) groups is 2. The molecule has 0 spiro atoms. The van der Waals surface area contributed by atoms with Crippen LogP contribution in [0.2, 0.25) is 0 Å². The van der Waals surface area contributed by atoms with Gasteiger partial charge in [0, 0.05) is 32.2 Å². The number of fused-ring (bicyclic) bond motifs is 2. The molecule has 1 aliphatic carbocycles. The minimum atomic E-state index is -0.146. The van der Waals surface area contributed by atoms with Gasteiger partial charge in [-0.25, -0.2) is 0 Å². The van der Waals surface area contributed by atoms with Crippen LogP contribution in [0.4, 0.5) is 11.4 Å². The zero-order chi connectivity index (χ0) is 28.2. The Morgan fingerprint density at radius 3 is 2.07 bits per heavy atom. The van der Waals surface area contributed by atoms with Crippen LogP contribution in [-0.4, -0.2) is 11.6 Å². The first-order valence-corrected chi connectivity index (χ1v) is 14.6. The van der Waals surface area contributed by atoms with E-state index in [2.05, 4.69) is 24.4 Å². The molecule has 41 heavy (non-hydrogen) atoms. The molecule has 0 amide bonds. The maximum atomic E-state index is 13.8. The van der Waals surface area contributed by atoms with Crippen molar-refractivity contribution >= 4 is 34.7 Å². The highest BCUT2D eigenvalue weighted by molar-refractivity contribution is 7.99. The zero-order valence-corrected chi connectivity index (χ0v) is 23.5. The molecule has 0 radical (unpaired) electrons. The lowest BCUT2D eigenvalue weighted by molar-refractivity contribution is 0.0977. The van der Waals surface area contributed by atoms with Crippen LogP contribution in [0.25, 0.3) is 0 Å². The number of carbonyl (C=O) groups excluding carboxylic acids is 2. The van der Waals surface area contributed by atoms with Gasteiger partial charge in [0.1, 0.15) is 12.4 Å². The summed E-state index contributed by atoms with van der Waals surface area (Å²) in [5.74, 6) is 0.489. The summed E-state index contributed by atoms with van der Waals surface area (Å²) in [7, 11) is 0. The van der Waals surface area contributed by atoms with Gasteiger partial charge in [0.15, 0.2) is 11.6 Å². The van der Waals surface area contributed by atoms with E-state index < -0.39 is 0 Å². The van der Waals surface area contributed by atoms with Gasteiger partial charge >= 0.3 is 0 Å². The van der Waals surface area contributed by atoms with Gasteiger partial charge in [-0.3, -0.25) is 9.59 Å². The highest BCUT2D eigenvalue weighted by Gasteiger charge is 2.33. The molecule has 6 rings (SSSR count). The number of rotatable bonds is 9. The van der Waals surface area contributed by atoms with Crippen LogP contribution in [-0.2, 0) is 13.0 Å². The maximum absolute atomic E-state index is 13.8. The third-order valence-electron chi connectivity index (χ3n) is 7.11. The molecule has 0 bridgehead atoms. The van der Waals surface area contributed by atoms with E-state index in [9.17, 15) is 9.59 Å². The fraction of sp³-hybridized carbons (Fsp3) is 0.111. The van der Waals surface area contributed by atoms with Crippen molar-refractivity contribution in [3.05, 3.63) is 149 Å². The summed E-state index contributed by atoms with van der Waals surface area (Å²) in [6.45, 7) is 2.65. The van der Waals surface area contributed by atoms with Crippen molar-refractivity contribution in [1.82, 2.24) is 0 Å². The van der Waals surface area contributed by atoms with Crippen molar-refractivity contribution in [3.63, 3.8) is 0 Å². The fourth-order valence-electron chi connectivity index (χ4n) is 5.07. The second-order valence-corrected chi connectivity index (χ2v) is 11.1. The number of aryl methyl sites for hydroxylation is 1. The van der Waals surface area contributed by atoms with E-state index in [0.717, 1.165) is 39.6 Å². The van der Waals surface area contributed by atoms with Crippen molar-refractivity contribution in [2.75, 3.05) is 5.32 Å². The van der Waals surface area contributed by atoms with E-state index in [0.29, 0.717) is 34.5 Å². The topological polar surface area (TPSA) is 55.4 Å². The van der Waals surface area contributed by atoms with Gasteiger partial charge in [-0.05, 0) is 66.1 Å². The average Bonchev–Trinajstić information content (AvgIpc) is 3.01. The predicted octanol–water partition coefficient (Wildman–Crippen LogP) is 8.89. The summed E-state index contributed by atoms with van der Waals surface area (Å²) in [6, 6.07) is 37.0. The molecule has 0 saturated carbocycles. The Labute approximate surface area is 244 Å². The van der Waals surface area contributed by atoms with Crippen molar-refractivity contribution in [2.24, 2.45) is 0 Å². The zero-order valence-electron chi connectivity index (χ0n) is 22.7. The summed E-state index contributed by atoms with van der Waals surface area (Å²) in [6.07, 6.45) is 2.11. The summed E-state index contributed by atoms with van der Waals surface area (Å²) in [5.41, 5.74) is 5.63. The maximum Gasteiger partial charge on any atom is 0.196 e. The molecule has 0 aromatic heterocycles. The number of ether oxygens (including phenoxy) is 1. The van der Waals surface area contributed by atoms with Crippen molar-refractivity contribution in [3.8, 4) is 5.75 Å². The minimum Gasteiger partial charge on any atom is -0.489 e. The summed E-state index contributed by atoms with van der Waals surface area (Å²) >= 11 is 1.47. The van der Waals surface area contributed by atoms with Crippen LogP contribution in [0.1, 0.15) is 56.3 Å². The second kappa shape index (κ2) is 11.9. The van der Waals surface area contributed by atoms with Gasteiger partial charge in [0.2, 0.25) is 0 Å². The standard InChI is InChI=1S/C36H29NO3S/c1-2-8-24-15-17-26(18-16-24)37-31-13-6-11-29-33(31)35(38)30-12-7-14-32(34(30)36(29)39)41-28-21-19-27(20-22-28)40-23-25-9-4-3-5-10-25/h3-7,9-22,37H,2,8,23H2,1H3. The minimum absolute atomic E-state index is 0.137. The SMILES string of the molecule is CCCc1ccc(Nc2cccc3c2C(=O)c2cccc(Sc4ccc(OCc5ccccc5)cc4)c2C3=O)cc1. The molecular formula is C36H29NO3S. The molecule has 5 heteroatoms. The molecule has 0 unspecified atom stereocenters. The predicted molar refractivity (Wildman–Crippen MR) is 165 cm³/mol. The number of nitrogens with one attached hydrogen (secondary N) is 1. The largest absolute Gasteiger partial charge is 0.489 e. The van der Waals surface area contributed by atoms with E-state index >= 15 is 0 Å². The van der Waals surface area contributed by atoms with Crippen LogP contribution in [0, 0.1) is 0 Å². The molecule has 5 aromatic rings. The molecule has 0 aliphatic heterocycles. The van der Waals surface area contributed by atoms with Gasteiger partial charge in [0.25, 0.3) is 0 Å². The van der Waals surface area contributed by atoms with Crippen molar-refractivity contribution < 1.29 is 14.3 Å². The normalized spacial score (nSPS) is 12.0. The lowest BCUT2D eigenvalue weighted by atomic mass is 9.83. The van der Waals surface area contributed by atoms with Gasteiger partial charge in [-0.2, -0.15) is 0 Å². The van der Waals surface area contributed by atoms with Gasteiger partial charge in [0.05, 0.1) is 11.3 Å². The van der Waals surface area contributed by atoms with E-state index in [-0.39, 0.29) is 11.6 Å². The Balaban J connectivity index is 1.23. The molecule has 0 atom stereocenters. The van der Waals surface area contributed by atoms with Crippen molar-refractivity contribution in [2.45, 2.75) is 36.2 Å². The van der Waals surface area contributed by atoms with Gasteiger partial charge in [-0.15, -0.1) is 0 Å².